The summed E-state index contributed by atoms with van der Waals surface area (Å²) >= 11 is 26.1. The fourth-order valence-electron chi connectivity index (χ4n) is 3.43. The number of halogens is 4. The van der Waals surface area contributed by atoms with Gasteiger partial charge in [0.25, 0.3) is 12.3 Å². The first-order valence-electron chi connectivity index (χ1n) is 7.61. The summed E-state index contributed by atoms with van der Waals surface area (Å²) in [5, 5.41) is 0. The van der Waals surface area contributed by atoms with E-state index in [0.717, 1.165) is 8.84 Å². The van der Waals surface area contributed by atoms with E-state index >= 15 is 0 Å². The second-order valence-electron chi connectivity index (χ2n) is 5.96. The van der Waals surface area contributed by atoms with Gasteiger partial charge in [-0.15, -0.1) is 8.84 Å². The summed E-state index contributed by atoms with van der Waals surface area (Å²) in [7, 11) is 0. The van der Waals surface area contributed by atoms with Crippen molar-refractivity contribution < 1.29 is 9.59 Å². The summed E-state index contributed by atoms with van der Waals surface area (Å²) < 4.78 is 0.101. The third-order valence-corrected chi connectivity index (χ3v) is 6.42. The summed E-state index contributed by atoms with van der Waals surface area (Å²) in [6.07, 6.45) is -2.06. The van der Waals surface area contributed by atoms with Crippen LogP contribution < -0.4 is 8.00 Å². The number of nitrogens with zero attached hydrogens (tertiary/aromatic N) is 4. The van der Waals surface area contributed by atoms with Crippen molar-refractivity contribution in [2.24, 2.45) is 0 Å². The minimum Gasteiger partial charge on any atom is -0.203 e. The first kappa shape index (κ1) is 17.9. The van der Waals surface area contributed by atoms with Crippen LogP contribution in [0.3, 0.4) is 0 Å². The predicted molar refractivity (Wildman–Crippen MR) is 102 cm³/mol. The zero-order chi connectivity index (χ0) is 18.7. The Hall–Kier alpha value is -1.54. The SMILES string of the molecule is O=C1N(Cl)C2C(N(Cl)C(=O)[N@@+]2(Cl)c2ccccc2)[N@+]1(Cl)c1ccccc1. The normalized spacial score (nSPS) is 33.7. The molecule has 26 heavy (non-hydrogen) atoms. The number of rotatable bonds is 2. The van der Waals surface area contributed by atoms with Gasteiger partial charge in [0.2, 0.25) is 0 Å². The standard InChI is InChI=1S/C16H12Cl4N4O2/c17-21-13-14(24(20,16(21)26)12-9-5-2-6-10-12)22(18)15(25)23(13,19)11-7-3-1-4-8-11/h1-10,13-14H/q+2/t13?,14?,23-,24-/m1/s1. The Balaban J connectivity index is 1.92. The van der Waals surface area contributed by atoms with Crippen LogP contribution in [-0.4, -0.2) is 33.2 Å². The Kier molecular flexibility index (Phi) is 4.11. The van der Waals surface area contributed by atoms with E-state index in [1.54, 1.807) is 60.7 Å². The molecule has 2 aromatic carbocycles. The molecular formula is C16H12Cl4N4O2+2. The number of fused-ring (bicyclic) bond motifs is 1. The molecule has 0 N–H and O–H groups in total. The highest BCUT2D eigenvalue weighted by atomic mass is 35.5. The topological polar surface area (TPSA) is 40.6 Å². The zero-order valence-corrected chi connectivity index (χ0v) is 16.1. The highest BCUT2D eigenvalue weighted by Crippen LogP contribution is 2.52. The second kappa shape index (κ2) is 5.99. The summed E-state index contributed by atoms with van der Waals surface area (Å²) in [4.78, 5) is 26.0. The molecule has 6 nitrogen and oxygen atoms in total. The molecule has 0 aliphatic carbocycles. The molecule has 4 atom stereocenters. The summed E-state index contributed by atoms with van der Waals surface area (Å²) in [6.45, 7) is 0. The van der Waals surface area contributed by atoms with E-state index < -0.39 is 32.4 Å². The number of hydrogen-bond acceptors (Lipinski definition) is 2. The molecule has 2 saturated heterocycles. The molecule has 0 spiro atoms. The van der Waals surface area contributed by atoms with Crippen molar-refractivity contribution >= 4 is 70.5 Å². The van der Waals surface area contributed by atoms with Crippen molar-refractivity contribution in [1.29, 1.82) is 0 Å². The molecule has 0 bridgehead atoms. The number of carbonyl (C=O) groups excluding carboxylic acids is 2. The van der Waals surface area contributed by atoms with E-state index in [2.05, 4.69) is 0 Å². The number of carbonyl (C=O) groups is 2. The van der Waals surface area contributed by atoms with Crippen molar-refractivity contribution in [3.63, 3.8) is 0 Å². The molecule has 4 amide bonds. The Labute approximate surface area is 169 Å². The molecule has 10 heteroatoms. The van der Waals surface area contributed by atoms with Gasteiger partial charge in [-0.05, 0) is 0 Å². The number of urea groups is 2. The predicted octanol–water partition coefficient (Wildman–Crippen LogP) is 5.14. The van der Waals surface area contributed by atoms with Gasteiger partial charge >= 0.3 is 12.1 Å². The fraction of sp³-hybridized carbons (Fsp3) is 0.125. The quantitative estimate of drug-likeness (QED) is 0.615. The van der Waals surface area contributed by atoms with E-state index in [0.29, 0.717) is 11.4 Å². The first-order chi connectivity index (χ1) is 12.3. The molecule has 134 valence electrons. The van der Waals surface area contributed by atoms with Crippen molar-refractivity contribution in [3.8, 4) is 0 Å². The van der Waals surface area contributed by atoms with Crippen molar-refractivity contribution in [3.05, 3.63) is 60.7 Å². The average Bonchev–Trinajstić information content (AvgIpc) is 3.02. The summed E-state index contributed by atoms with van der Waals surface area (Å²) in [5.74, 6) is 0. The van der Waals surface area contributed by atoms with Gasteiger partial charge in [0.15, 0.2) is 34.9 Å². The maximum absolute atomic E-state index is 13.0. The molecule has 2 aromatic rings. The highest BCUT2D eigenvalue weighted by molar-refractivity contribution is 6.42. The monoisotopic (exact) mass is 432 g/mol. The molecule has 2 aliphatic rings. The van der Waals surface area contributed by atoms with Gasteiger partial charge in [0.1, 0.15) is 0 Å². The lowest BCUT2D eigenvalue weighted by Crippen LogP contribution is -2.54. The molecule has 2 fully saturated rings. The summed E-state index contributed by atoms with van der Waals surface area (Å²) in [5.41, 5.74) is 0.850. The van der Waals surface area contributed by atoms with Crippen molar-refractivity contribution in [1.82, 2.24) is 16.8 Å². The van der Waals surface area contributed by atoms with Crippen LogP contribution in [0.25, 0.3) is 0 Å². The first-order valence-corrected chi connectivity index (χ1v) is 8.97. The van der Waals surface area contributed by atoms with Crippen LogP contribution >= 0.6 is 47.1 Å². The van der Waals surface area contributed by atoms with Crippen LogP contribution in [0.15, 0.2) is 60.7 Å². The number of amides is 4. The van der Waals surface area contributed by atoms with Crippen LogP contribution in [0.1, 0.15) is 0 Å². The molecule has 4 rings (SSSR count). The highest BCUT2D eigenvalue weighted by Gasteiger charge is 2.80. The lowest BCUT2D eigenvalue weighted by molar-refractivity contribution is 0.198. The Morgan fingerprint density at radius 2 is 0.962 bits per heavy atom. The van der Waals surface area contributed by atoms with Crippen molar-refractivity contribution in [2.75, 3.05) is 0 Å². The molecule has 2 heterocycles. The second-order valence-corrected chi connectivity index (χ2v) is 7.75. The van der Waals surface area contributed by atoms with Crippen LogP contribution in [0.5, 0.6) is 0 Å². The van der Waals surface area contributed by atoms with E-state index in [4.69, 9.17) is 47.1 Å². The van der Waals surface area contributed by atoms with Crippen LogP contribution in [-0.2, 0) is 0 Å². The van der Waals surface area contributed by atoms with E-state index in [1.165, 1.54) is 0 Å². The number of benzene rings is 2. The fourth-order valence-corrected chi connectivity index (χ4v) is 5.06. The van der Waals surface area contributed by atoms with Crippen LogP contribution in [0.2, 0.25) is 0 Å². The number of para-hydroxylation sites is 2. The smallest absolute Gasteiger partial charge is 0.203 e. The average molecular weight is 434 g/mol. The Morgan fingerprint density at radius 3 is 1.27 bits per heavy atom. The van der Waals surface area contributed by atoms with Crippen LogP contribution in [0.4, 0.5) is 21.0 Å². The van der Waals surface area contributed by atoms with Gasteiger partial charge < -0.3 is 0 Å². The molecule has 2 unspecified atom stereocenters. The van der Waals surface area contributed by atoms with Gasteiger partial charge in [-0.25, -0.2) is 9.59 Å². The van der Waals surface area contributed by atoms with Crippen molar-refractivity contribution in [2.45, 2.75) is 12.3 Å². The van der Waals surface area contributed by atoms with Gasteiger partial charge in [-0.2, -0.15) is 0 Å². The minimum atomic E-state index is -1.03. The number of quaternary nitrogens is 2. The van der Waals surface area contributed by atoms with Gasteiger partial charge in [-0.3, -0.25) is 0 Å². The van der Waals surface area contributed by atoms with Gasteiger partial charge in [0.05, 0.1) is 0 Å². The van der Waals surface area contributed by atoms with Gasteiger partial charge in [0, 0.05) is 47.8 Å². The molecule has 2 aliphatic heterocycles. The van der Waals surface area contributed by atoms with Gasteiger partial charge in [-0.1, -0.05) is 44.4 Å². The molecule has 0 aromatic heterocycles. The maximum atomic E-state index is 13.0. The maximum Gasteiger partial charge on any atom is 0.464 e. The van der Waals surface area contributed by atoms with Crippen LogP contribution in [0, 0.1) is 0 Å². The third kappa shape index (κ3) is 2.08. The minimum absolute atomic E-state index is 0.425. The Bertz CT molecular complexity index is 813. The van der Waals surface area contributed by atoms with E-state index in [9.17, 15) is 9.59 Å². The Morgan fingerprint density at radius 1 is 0.654 bits per heavy atom. The third-order valence-electron chi connectivity index (χ3n) is 4.65. The lowest BCUT2D eigenvalue weighted by atomic mass is 10.2. The zero-order valence-electron chi connectivity index (χ0n) is 13.0. The lowest BCUT2D eigenvalue weighted by Gasteiger charge is -2.25. The van der Waals surface area contributed by atoms with E-state index in [1.807, 2.05) is 0 Å². The van der Waals surface area contributed by atoms with E-state index in [-0.39, 0.29) is 0 Å². The largest absolute Gasteiger partial charge is 0.464 e. The molecule has 0 saturated carbocycles. The number of hydrogen-bond donors (Lipinski definition) is 0. The molecular weight excluding hydrogens is 422 g/mol. The summed E-state index contributed by atoms with van der Waals surface area (Å²) in [6, 6.07) is 15.8. The molecule has 0 radical (unpaired) electrons.